The summed E-state index contributed by atoms with van der Waals surface area (Å²) in [5.74, 6) is -1.04. The summed E-state index contributed by atoms with van der Waals surface area (Å²) >= 11 is 5.52. The van der Waals surface area contributed by atoms with E-state index in [1.54, 1.807) is 0 Å². The first-order valence-electron chi connectivity index (χ1n) is 5.15. The highest BCUT2D eigenvalue weighted by Gasteiger charge is 2.23. The molecule has 1 aliphatic rings. The van der Waals surface area contributed by atoms with Crippen LogP contribution in [0, 0.1) is 11.7 Å². The normalized spacial score (nSPS) is 16.4. The van der Waals surface area contributed by atoms with Gasteiger partial charge in [0.05, 0.1) is 6.20 Å². The molecule has 0 aliphatic heterocycles. The summed E-state index contributed by atoms with van der Waals surface area (Å²) in [7, 11) is 0. The molecule has 0 spiro atoms. The third-order valence-corrected chi connectivity index (χ3v) is 2.86. The fourth-order valence-electron chi connectivity index (χ4n) is 1.84. The molecule has 1 saturated carbocycles. The summed E-state index contributed by atoms with van der Waals surface area (Å²) < 4.78 is 13.2. The van der Waals surface area contributed by atoms with Crippen LogP contribution in [0.15, 0.2) is 6.20 Å². The summed E-state index contributed by atoms with van der Waals surface area (Å²) in [4.78, 5) is 18.8. The number of nitrogens with zero attached hydrogens (tertiary/aromatic N) is 2. The van der Waals surface area contributed by atoms with E-state index in [0.29, 0.717) is 0 Å². The fourth-order valence-corrected chi connectivity index (χ4v) is 1.97. The SMILES string of the molecule is O=C(Nc1nc(Cl)ncc1F)C1CCCC1. The van der Waals surface area contributed by atoms with Crippen molar-refractivity contribution in [2.24, 2.45) is 5.92 Å². The second kappa shape index (κ2) is 4.74. The molecular weight excluding hydrogens is 233 g/mol. The van der Waals surface area contributed by atoms with Crippen LogP contribution in [0.25, 0.3) is 0 Å². The molecule has 0 aromatic carbocycles. The largest absolute Gasteiger partial charge is 0.308 e. The number of carbonyl (C=O) groups excluding carboxylic acids is 1. The molecule has 1 N–H and O–H groups in total. The van der Waals surface area contributed by atoms with Gasteiger partial charge in [0.1, 0.15) is 0 Å². The van der Waals surface area contributed by atoms with Crippen LogP contribution in [-0.4, -0.2) is 15.9 Å². The van der Waals surface area contributed by atoms with Crippen LogP contribution in [0.2, 0.25) is 5.28 Å². The van der Waals surface area contributed by atoms with Crippen molar-refractivity contribution in [3.63, 3.8) is 0 Å². The van der Waals surface area contributed by atoms with E-state index in [9.17, 15) is 9.18 Å². The zero-order valence-electron chi connectivity index (χ0n) is 8.54. The summed E-state index contributed by atoms with van der Waals surface area (Å²) in [6.07, 6.45) is 4.74. The minimum atomic E-state index is -0.671. The number of aromatic nitrogens is 2. The first-order valence-corrected chi connectivity index (χ1v) is 5.53. The van der Waals surface area contributed by atoms with Crippen LogP contribution in [0.1, 0.15) is 25.7 Å². The lowest BCUT2D eigenvalue weighted by atomic mass is 10.1. The van der Waals surface area contributed by atoms with Crippen LogP contribution in [0.3, 0.4) is 0 Å². The lowest BCUT2D eigenvalue weighted by Crippen LogP contribution is -2.21. The van der Waals surface area contributed by atoms with E-state index < -0.39 is 5.82 Å². The Morgan fingerprint density at radius 1 is 1.50 bits per heavy atom. The second-order valence-corrected chi connectivity index (χ2v) is 4.14. The van der Waals surface area contributed by atoms with Gasteiger partial charge in [0, 0.05) is 5.92 Å². The van der Waals surface area contributed by atoms with Crippen LogP contribution in [0.4, 0.5) is 10.2 Å². The zero-order chi connectivity index (χ0) is 11.5. The molecule has 16 heavy (non-hydrogen) atoms. The van der Waals surface area contributed by atoms with E-state index in [1.165, 1.54) is 0 Å². The van der Waals surface area contributed by atoms with Crippen LogP contribution in [-0.2, 0) is 4.79 Å². The minimum absolute atomic E-state index is 0.0341. The Kier molecular flexibility index (Phi) is 3.33. The molecule has 0 atom stereocenters. The van der Waals surface area contributed by atoms with Crippen molar-refractivity contribution >= 4 is 23.3 Å². The van der Waals surface area contributed by atoms with E-state index in [-0.39, 0.29) is 22.9 Å². The molecular formula is C10H11ClFN3O. The van der Waals surface area contributed by atoms with Crippen molar-refractivity contribution in [1.29, 1.82) is 0 Å². The van der Waals surface area contributed by atoms with E-state index in [1.807, 2.05) is 0 Å². The van der Waals surface area contributed by atoms with Crippen LogP contribution < -0.4 is 5.32 Å². The lowest BCUT2D eigenvalue weighted by molar-refractivity contribution is -0.119. The molecule has 1 aliphatic carbocycles. The molecule has 1 aromatic rings. The molecule has 86 valence electrons. The highest BCUT2D eigenvalue weighted by atomic mass is 35.5. The topological polar surface area (TPSA) is 54.9 Å². The quantitative estimate of drug-likeness (QED) is 0.812. The summed E-state index contributed by atoms with van der Waals surface area (Å²) in [5, 5.41) is 2.36. The molecule has 0 saturated heterocycles. The van der Waals surface area contributed by atoms with Gasteiger partial charge in [-0.25, -0.2) is 9.37 Å². The van der Waals surface area contributed by atoms with Gasteiger partial charge < -0.3 is 5.32 Å². The lowest BCUT2D eigenvalue weighted by Gasteiger charge is -2.09. The molecule has 4 nitrogen and oxygen atoms in total. The van der Waals surface area contributed by atoms with Gasteiger partial charge >= 0.3 is 0 Å². The molecule has 0 bridgehead atoms. The fraction of sp³-hybridized carbons (Fsp3) is 0.500. The van der Waals surface area contributed by atoms with Crippen molar-refractivity contribution in [2.75, 3.05) is 5.32 Å². The van der Waals surface area contributed by atoms with Crippen molar-refractivity contribution in [2.45, 2.75) is 25.7 Å². The highest BCUT2D eigenvalue weighted by molar-refractivity contribution is 6.28. The Hall–Kier alpha value is -1.23. The Bertz CT molecular complexity index is 407. The molecule has 6 heteroatoms. The maximum Gasteiger partial charge on any atom is 0.228 e. The van der Waals surface area contributed by atoms with Crippen molar-refractivity contribution < 1.29 is 9.18 Å². The molecule has 0 radical (unpaired) electrons. The van der Waals surface area contributed by atoms with Gasteiger partial charge in [-0.3, -0.25) is 4.79 Å². The maximum atomic E-state index is 13.2. The maximum absolute atomic E-state index is 13.2. The summed E-state index contributed by atoms with van der Waals surface area (Å²) in [6, 6.07) is 0. The Labute approximate surface area is 97.2 Å². The van der Waals surface area contributed by atoms with E-state index in [0.717, 1.165) is 31.9 Å². The Morgan fingerprint density at radius 3 is 2.88 bits per heavy atom. The predicted molar refractivity (Wildman–Crippen MR) is 57.6 cm³/mol. The third-order valence-electron chi connectivity index (χ3n) is 2.68. The predicted octanol–water partition coefficient (Wildman–Crippen LogP) is 2.40. The average Bonchev–Trinajstić information content (AvgIpc) is 2.76. The number of carbonyl (C=O) groups is 1. The van der Waals surface area contributed by atoms with E-state index in [2.05, 4.69) is 15.3 Å². The first-order chi connectivity index (χ1) is 7.66. The summed E-state index contributed by atoms with van der Waals surface area (Å²) in [5.41, 5.74) is 0. The smallest absolute Gasteiger partial charge is 0.228 e. The van der Waals surface area contributed by atoms with E-state index >= 15 is 0 Å². The van der Waals surface area contributed by atoms with Crippen molar-refractivity contribution in [3.05, 3.63) is 17.3 Å². The number of anilines is 1. The number of nitrogens with one attached hydrogen (secondary N) is 1. The molecule has 1 amide bonds. The summed E-state index contributed by atoms with van der Waals surface area (Å²) in [6.45, 7) is 0. The van der Waals surface area contributed by atoms with Crippen molar-refractivity contribution in [1.82, 2.24) is 9.97 Å². The minimum Gasteiger partial charge on any atom is -0.308 e. The number of halogens is 2. The van der Waals surface area contributed by atoms with Gasteiger partial charge in [-0.2, -0.15) is 4.98 Å². The monoisotopic (exact) mass is 243 g/mol. The zero-order valence-corrected chi connectivity index (χ0v) is 9.30. The Morgan fingerprint density at radius 2 is 2.19 bits per heavy atom. The number of hydrogen-bond acceptors (Lipinski definition) is 3. The van der Waals surface area contributed by atoms with Gasteiger partial charge in [0.25, 0.3) is 0 Å². The highest BCUT2D eigenvalue weighted by Crippen LogP contribution is 2.26. The molecule has 1 fully saturated rings. The number of rotatable bonds is 2. The number of amides is 1. The standard InChI is InChI=1S/C10H11ClFN3O/c11-10-13-5-7(12)8(15-10)14-9(16)6-3-1-2-4-6/h5-6H,1-4H2,(H,13,14,15,16). The Balaban J connectivity index is 2.07. The van der Waals surface area contributed by atoms with E-state index in [4.69, 9.17) is 11.6 Å². The molecule has 0 unspecified atom stereocenters. The average molecular weight is 244 g/mol. The van der Waals surface area contributed by atoms with Gasteiger partial charge in [0.2, 0.25) is 11.2 Å². The van der Waals surface area contributed by atoms with Crippen molar-refractivity contribution in [3.8, 4) is 0 Å². The molecule has 2 rings (SSSR count). The molecule has 1 heterocycles. The van der Waals surface area contributed by atoms with Crippen LogP contribution >= 0.6 is 11.6 Å². The molecule has 1 aromatic heterocycles. The number of hydrogen-bond donors (Lipinski definition) is 1. The first kappa shape index (κ1) is 11.3. The van der Waals surface area contributed by atoms with Gasteiger partial charge in [0.15, 0.2) is 11.6 Å². The van der Waals surface area contributed by atoms with Crippen LogP contribution in [0.5, 0.6) is 0 Å². The van der Waals surface area contributed by atoms with Gasteiger partial charge in [-0.1, -0.05) is 12.8 Å². The second-order valence-electron chi connectivity index (χ2n) is 3.81. The van der Waals surface area contributed by atoms with Gasteiger partial charge in [-0.15, -0.1) is 0 Å². The van der Waals surface area contributed by atoms with Gasteiger partial charge in [-0.05, 0) is 24.4 Å². The third kappa shape index (κ3) is 2.47.